The highest BCUT2D eigenvalue weighted by Crippen LogP contribution is 2.16. The lowest BCUT2D eigenvalue weighted by atomic mass is 10.1. The summed E-state index contributed by atoms with van der Waals surface area (Å²) in [5, 5.41) is 1.05. The quantitative estimate of drug-likeness (QED) is 0.736. The Kier molecular flexibility index (Phi) is 1.93. The molecule has 0 spiro atoms. The van der Waals surface area contributed by atoms with Crippen LogP contribution in [0.4, 0.5) is 0 Å². The van der Waals surface area contributed by atoms with E-state index in [1.165, 1.54) is 0 Å². The lowest BCUT2D eigenvalue weighted by molar-refractivity contribution is 0.0996. The van der Waals surface area contributed by atoms with Gasteiger partial charge in [-0.2, -0.15) is 0 Å². The molecule has 1 amide bonds. The Morgan fingerprint density at radius 3 is 2.79 bits per heavy atom. The van der Waals surface area contributed by atoms with Gasteiger partial charge in [-0.3, -0.25) is 4.79 Å². The Bertz CT molecular complexity index is 506. The zero-order valence-electron chi connectivity index (χ0n) is 7.82. The van der Waals surface area contributed by atoms with Gasteiger partial charge in [0.25, 0.3) is 5.91 Å². The first-order valence-electron chi connectivity index (χ1n) is 4.34. The second-order valence-corrected chi connectivity index (χ2v) is 3.20. The summed E-state index contributed by atoms with van der Waals surface area (Å²) in [6.07, 6.45) is 0. The zero-order chi connectivity index (χ0) is 10.1. The first-order chi connectivity index (χ1) is 6.68. The van der Waals surface area contributed by atoms with Crippen molar-refractivity contribution >= 4 is 16.8 Å². The van der Waals surface area contributed by atoms with Gasteiger partial charge >= 0.3 is 0 Å². The monoisotopic (exact) mass is 186 g/mol. The number of rotatable bonds is 1. The molecular weight excluding hydrogens is 176 g/mol. The van der Waals surface area contributed by atoms with Crippen LogP contribution in [0, 0.1) is 6.92 Å². The van der Waals surface area contributed by atoms with E-state index in [9.17, 15) is 4.79 Å². The predicted octanol–water partition coefficient (Wildman–Crippen LogP) is 1.64. The van der Waals surface area contributed by atoms with Crippen LogP contribution in [-0.2, 0) is 0 Å². The summed E-state index contributed by atoms with van der Waals surface area (Å²) in [6, 6.07) is 9.31. The smallest absolute Gasteiger partial charge is 0.267 e. The van der Waals surface area contributed by atoms with Crippen LogP contribution in [0.1, 0.15) is 16.1 Å². The van der Waals surface area contributed by atoms with E-state index in [4.69, 9.17) is 5.73 Å². The fourth-order valence-electron chi connectivity index (χ4n) is 1.45. The van der Waals surface area contributed by atoms with E-state index in [1.54, 1.807) is 6.07 Å². The highest BCUT2D eigenvalue weighted by atomic mass is 16.1. The number of carbonyl (C=O) groups is 1. The molecule has 0 atom stereocenters. The molecule has 2 rings (SSSR count). The molecule has 2 aromatic rings. The number of fused-ring (bicyclic) bond motifs is 1. The molecule has 3 nitrogen and oxygen atoms in total. The molecule has 0 radical (unpaired) electrons. The average Bonchev–Trinajstić information content (AvgIpc) is 2.17. The molecule has 3 heteroatoms. The summed E-state index contributed by atoms with van der Waals surface area (Å²) in [5.41, 5.74) is 7.40. The Balaban J connectivity index is 2.73. The summed E-state index contributed by atoms with van der Waals surface area (Å²) < 4.78 is 0. The Hall–Kier alpha value is -1.90. The van der Waals surface area contributed by atoms with Gasteiger partial charge in [-0.25, -0.2) is 4.98 Å². The molecule has 1 heterocycles. The molecule has 0 unspecified atom stereocenters. The number of carbonyl (C=O) groups excluding carboxylic acids is 1. The standard InChI is InChI=1S/C11H10N2O/c1-7-3-2-4-9-8(7)5-6-10(13-9)11(12)14/h2-6H,1H3,(H2,12,14). The van der Waals surface area contributed by atoms with Crippen molar-refractivity contribution in [2.45, 2.75) is 6.92 Å². The van der Waals surface area contributed by atoms with Crippen LogP contribution in [0.3, 0.4) is 0 Å². The largest absolute Gasteiger partial charge is 0.364 e. The van der Waals surface area contributed by atoms with Crippen molar-refractivity contribution in [2.24, 2.45) is 5.73 Å². The molecule has 2 N–H and O–H groups in total. The van der Waals surface area contributed by atoms with E-state index in [-0.39, 0.29) is 0 Å². The minimum atomic E-state index is -0.492. The van der Waals surface area contributed by atoms with Gasteiger partial charge in [-0.15, -0.1) is 0 Å². The average molecular weight is 186 g/mol. The summed E-state index contributed by atoms with van der Waals surface area (Å²) in [4.78, 5) is 15.1. The highest BCUT2D eigenvalue weighted by Gasteiger charge is 2.03. The minimum absolute atomic E-state index is 0.308. The number of hydrogen-bond acceptors (Lipinski definition) is 2. The van der Waals surface area contributed by atoms with Gasteiger partial charge < -0.3 is 5.73 Å². The number of benzene rings is 1. The molecule has 1 aromatic heterocycles. The number of nitrogens with zero attached hydrogens (tertiary/aromatic N) is 1. The highest BCUT2D eigenvalue weighted by molar-refractivity contribution is 5.94. The third-order valence-corrected chi connectivity index (χ3v) is 2.20. The molecule has 14 heavy (non-hydrogen) atoms. The van der Waals surface area contributed by atoms with Crippen molar-refractivity contribution in [2.75, 3.05) is 0 Å². The Labute approximate surface area is 81.6 Å². The third kappa shape index (κ3) is 1.33. The molecule has 0 aliphatic heterocycles. The van der Waals surface area contributed by atoms with Crippen LogP contribution in [0.2, 0.25) is 0 Å². The number of aryl methyl sites for hydroxylation is 1. The Morgan fingerprint density at radius 2 is 2.07 bits per heavy atom. The molecule has 0 bridgehead atoms. The van der Waals surface area contributed by atoms with E-state index in [1.807, 2.05) is 31.2 Å². The second kappa shape index (κ2) is 3.10. The molecule has 70 valence electrons. The topological polar surface area (TPSA) is 56.0 Å². The summed E-state index contributed by atoms with van der Waals surface area (Å²) in [5.74, 6) is -0.492. The van der Waals surface area contributed by atoms with Crippen molar-refractivity contribution in [3.05, 3.63) is 41.6 Å². The Morgan fingerprint density at radius 1 is 1.29 bits per heavy atom. The van der Waals surface area contributed by atoms with Crippen molar-refractivity contribution in [3.63, 3.8) is 0 Å². The molecule has 0 saturated carbocycles. The van der Waals surface area contributed by atoms with Crippen LogP contribution in [0.25, 0.3) is 10.9 Å². The van der Waals surface area contributed by atoms with Gasteiger partial charge in [-0.1, -0.05) is 18.2 Å². The lowest BCUT2D eigenvalue weighted by Crippen LogP contribution is -2.12. The zero-order valence-corrected chi connectivity index (χ0v) is 7.82. The maximum atomic E-state index is 10.9. The maximum absolute atomic E-state index is 10.9. The van der Waals surface area contributed by atoms with E-state index in [0.717, 1.165) is 16.5 Å². The number of pyridine rings is 1. The third-order valence-electron chi connectivity index (χ3n) is 2.20. The van der Waals surface area contributed by atoms with Crippen molar-refractivity contribution in [1.29, 1.82) is 0 Å². The molecule has 0 saturated heterocycles. The summed E-state index contributed by atoms with van der Waals surface area (Å²) in [7, 11) is 0. The summed E-state index contributed by atoms with van der Waals surface area (Å²) in [6.45, 7) is 2.01. The van der Waals surface area contributed by atoms with Crippen molar-refractivity contribution < 1.29 is 4.79 Å². The van der Waals surface area contributed by atoms with Crippen molar-refractivity contribution in [3.8, 4) is 0 Å². The number of primary amides is 1. The maximum Gasteiger partial charge on any atom is 0.267 e. The van der Waals surface area contributed by atoms with Gasteiger partial charge in [0.15, 0.2) is 0 Å². The minimum Gasteiger partial charge on any atom is -0.364 e. The fraction of sp³-hybridized carbons (Fsp3) is 0.0909. The number of hydrogen-bond donors (Lipinski definition) is 1. The van der Waals surface area contributed by atoms with Crippen molar-refractivity contribution in [1.82, 2.24) is 4.98 Å². The first kappa shape index (κ1) is 8.69. The molecular formula is C11H10N2O. The molecule has 0 fully saturated rings. The van der Waals surface area contributed by atoms with E-state index in [0.29, 0.717) is 5.69 Å². The van der Waals surface area contributed by atoms with E-state index >= 15 is 0 Å². The lowest BCUT2D eigenvalue weighted by Gasteiger charge is -2.01. The first-order valence-corrected chi connectivity index (χ1v) is 4.34. The van der Waals surface area contributed by atoms with Gasteiger partial charge in [0.2, 0.25) is 0 Å². The van der Waals surface area contributed by atoms with Crippen LogP contribution in [0.5, 0.6) is 0 Å². The fourth-order valence-corrected chi connectivity index (χ4v) is 1.45. The molecule has 0 aliphatic carbocycles. The van der Waals surface area contributed by atoms with Gasteiger partial charge in [0, 0.05) is 5.39 Å². The van der Waals surface area contributed by atoms with Gasteiger partial charge in [0.1, 0.15) is 5.69 Å². The van der Waals surface area contributed by atoms with Crippen LogP contribution < -0.4 is 5.73 Å². The SMILES string of the molecule is Cc1cccc2nc(C(N)=O)ccc12. The van der Waals surface area contributed by atoms with Crippen LogP contribution >= 0.6 is 0 Å². The van der Waals surface area contributed by atoms with Gasteiger partial charge in [0.05, 0.1) is 5.52 Å². The second-order valence-electron chi connectivity index (χ2n) is 3.20. The number of aromatic nitrogens is 1. The molecule has 0 aliphatic rings. The molecule has 1 aromatic carbocycles. The van der Waals surface area contributed by atoms with Crippen LogP contribution in [0.15, 0.2) is 30.3 Å². The number of amides is 1. The number of nitrogens with two attached hydrogens (primary N) is 1. The predicted molar refractivity (Wildman–Crippen MR) is 55.0 cm³/mol. The van der Waals surface area contributed by atoms with E-state index < -0.39 is 5.91 Å². The normalized spacial score (nSPS) is 10.4. The van der Waals surface area contributed by atoms with Gasteiger partial charge in [-0.05, 0) is 24.6 Å². The van der Waals surface area contributed by atoms with E-state index in [2.05, 4.69) is 4.98 Å². The van der Waals surface area contributed by atoms with Crippen LogP contribution in [-0.4, -0.2) is 10.9 Å². The summed E-state index contributed by atoms with van der Waals surface area (Å²) >= 11 is 0.